The summed E-state index contributed by atoms with van der Waals surface area (Å²) in [6, 6.07) is 2.44. The molecule has 21 heavy (non-hydrogen) atoms. The molecule has 1 aromatic rings. The van der Waals surface area contributed by atoms with Gasteiger partial charge in [0.25, 0.3) is 0 Å². The van der Waals surface area contributed by atoms with Gasteiger partial charge in [0, 0.05) is 18.8 Å². The van der Waals surface area contributed by atoms with E-state index in [2.05, 4.69) is 20.6 Å². The molecule has 8 heteroatoms. The molecule has 0 spiro atoms. The number of halogens is 3. The zero-order chi connectivity index (χ0) is 15.9. The van der Waals surface area contributed by atoms with Crippen LogP contribution < -0.4 is 16.4 Å². The highest BCUT2D eigenvalue weighted by Crippen LogP contribution is 2.33. The molecule has 4 N–H and O–H groups in total. The van der Waals surface area contributed by atoms with Crippen molar-refractivity contribution in [1.29, 1.82) is 0 Å². The maximum atomic E-state index is 12.7. The third-order valence-corrected chi connectivity index (χ3v) is 2.81. The van der Waals surface area contributed by atoms with Gasteiger partial charge in [-0.05, 0) is 25.5 Å². The van der Waals surface area contributed by atoms with Crippen LogP contribution in [0.25, 0.3) is 0 Å². The second-order valence-corrected chi connectivity index (χ2v) is 4.54. The van der Waals surface area contributed by atoms with E-state index >= 15 is 0 Å². The van der Waals surface area contributed by atoms with Crippen molar-refractivity contribution in [2.75, 3.05) is 18.4 Å². The summed E-state index contributed by atoms with van der Waals surface area (Å²) in [4.78, 5) is 7.73. The van der Waals surface area contributed by atoms with Gasteiger partial charge in [-0.25, -0.2) is 4.98 Å². The lowest BCUT2D eigenvalue weighted by Crippen LogP contribution is -2.38. The van der Waals surface area contributed by atoms with Crippen molar-refractivity contribution in [2.45, 2.75) is 32.5 Å². The first-order valence-electron chi connectivity index (χ1n) is 6.67. The first kappa shape index (κ1) is 17.1. The number of aliphatic imine (C=N–C) groups is 1. The number of nitrogens with zero attached hydrogens (tertiary/aromatic N) is 2. The van der Waals surface area contributed by atoms with E-state index in [1.54, 1.807) is 0 Å². The molecule has 0 radical (unpaired) electrons. The molecular formula is C13H20F3N5. The molecule has 0 aliphatic rings. The number of guanidine groups is 1. The summed E-state index contributed by atoms with van der Waals surface area (Å²) in [7, 11) is 0. The number of pyridine rings is 1. The van der Waals surface area contributed by atoms with Crippen molar-refractivity contribution >= 4 is 11.8 Å². The molecular weight excluding hydrogens is 283 g/mol. The molecule has 0 aliphatic heterocycles. The molecule has 0 aliphatic carbocycles. The Bertz CT molecular complexity index is 473. The van der Waals surface area contributed by atoms with Crippen LogP contribution in [0.3, 0.4) is 0 Å². The SMILES string of the molecule is CCC(C)NC(N)=NCCNc1ncccc1C(F)(F)F. The van der Waals surface area contributed by atoms with Crippen LogP contribution in [0.1, 0.15) is 25.8 Å². The first-order chi connectivity index (χ1) is 9.84. The third kappa shape index (κ3) is 5.88. The molecule has 0 fully saturated rings. The molecule has 5 nitrogen and oxygen atoms in total. The molecule has 1 aromatic heterocycles. The van der Waals surface area contributed by atoms with E-state index in [4.69, 9.17) is 5.73 Å². The number of alkyl halides is 3. The molecule has 1 unspecified atom stereocenters. The van der Waals surface area contributed by atoms with E-state index in [1.165, 1.54) is 12.3 Å². The lowest BCUT2D eigenvalue weighted by Gasteiger charge is -2.13. The minimum atomic E-state index is -4.43. The average Bonchev–Trinajstić information content (AvgIpc) is 2.42. The van der Waals surface area contributed by atoms with Crippen LogP contribution in [0.2, 0.25) is 0 Å². The Hall–Kier alpha value is -1.99. The van der Waals surface area contributed by atoms with E-state index < -0.39 is 11.7 Å². The minimum absolute atomic E-state index is 0.200. The standard InChI is InChI=1S/C13H20F3N5/c1-3-9(2)21-12(17)20-8-7-19-11-10(13(14,15)16)5-4-6-18-11/h4-6,9H,3,7-8H2,1-2H3,(H,18,19)(H3,17,20,21). The smallest absolute Gasteiger partial charge is 0.370 e. The molecule has 1 heterocycles. The molecule has 1 rings (SSSR count). The van der Waals surface area contributed by atoms with E-state index in [0.717, 1.165) is 12.5 Å². The monoisotopic (exact) mass is 303 g/mol. The summed E-state index contributed by atoms with van der Waals surface area (Å²) in [5.74, 6) is 0.0804. The largest absolute Gasteiger partial charge is 0.419 e. The summed E-state index contributed by atoms with van der Waals surface area (Å²) in [5, 5.41) is 5.59. The van der Waals surface area contributed by atoms with Gasteiger partial charge in [-0.1, -0.05) is 6.92 Å². The fraction of sp³-hybridized carbons (Fsp3) is 0.538. The summed E-state index contributed by atoms with van der Waals surface area (Å²) >= 11 is 0. The maximum absolute atomic E-state index is 12.7. The van der Waals surface area contributed by atoms with Gasteiger partial charge in [0.05, 0.1) is 12.1 Å². The Morgan fingerprint density at radius 1 is 1.48 bits per heavy atom. The zero-order valence-corrected chi connectivity index (χ0v) is 12.0. The van der Waals surface area contributed by atoms with Gasteiger partial charge in [-0.3, -0.25) is 4.99 Å². The van der Waals surface area contributed by atoms with Crippen LogP contribution in [0, 0.1) is 0 Å². The molecule has 0 aromatic carbocycles. The summed E-state index contributed by atoms with van der Waals surface area (Å²) < 4.78 is 38.2. The molecule has 0 saturated heterocycles. The summed E-state index contributed by atoms with van der Waals surface area (Å²) in [6.45, 7) is 4.43. The highest BCUT2D eigenvalue weighted by atomic mass is 19.4. The fourth-order valence-corrected chi connectivity index (χ4v) is 1.53. The second-order valence-electron chi connectivity index (χ2n) is 4.54. The number of hydrogen-bond donors (Lipinski definition) is 3. The van der Waals surface area contributed by atoms with Gasteiger partial charge in [0.2, 0.25) is 0 Å². The highest BCUT2D eigenvalue weighted by Gasteiger charge is 2.33. The number of hydrogen-bond acceptors (Lipinski definition) is 3. The topological polar surface area (TPSA) is 75.3 Å². The van der Waals surface area contributed by atoms with Gasteiger partial charge in [0.1, 0.15) is 5.82 Å². The predicted molar refractivity (Wildman–Crippen MR) is 77.1 cm³/mol. The molecule has 0 amide bonds. The Balaban J connectivity index is 2.52. The highest BCUT2D eigenvalue weighted by molar-refractivity contribution is 5.78. The normalized spacial score (nSPS) is 13.9. The van der Waals surface area contributed by atoms with Gasteiger partial charge in [-0.2, -0.15) is 13.2 Å². The van der Waals surface area contributed by atoms with Gasteiger partial charge >= 0.3 is 6.18 Å². The Morgan fingerprint density at radius 3 is 2.81 bits per heavy atom. The van der Waals surface area contributed by atoms with E-state index in [9.17, 15) is 13.2 Å². The summed E-state index contributed by atoms with van der Waals surface area (Å²) in [5.41, 5.74) is 4.85. The number of anilines is 1. The van der Waals surface area contributed by atoms with Gasteiger partial charge in [0.15, 0.2) is 5.96 Å². The van der Waals surface area contributed by atoms with E-state index in [0.29, 0.717) is 0 Å². The molecule has 118 valence electrons. The van der Waals surface area contributed by atoms with Crippen molar-refractivity contribution in [3.63, 3.8) is 0 Å². The van der Waals surface area contributed by atoms with Crippen molar-refractivity contribution in [3.05, 3.63) is 23.9 Å². The van der Waals surface area contributed by atoms with Crippen LogP contribution in [-0.4, -0.2) is 30.1 Å². The lowest BCUT2D eigenvalue weighted by molar-refractivity contribution is -0.137. The van der Waals surface area contributed by atoms with E-state index in [-0.39, 0.29) is 30.9 Å². The molecule has 1 atom stereocenters. The minimum Gasteiger partial charge on any atom is -0.370 e. The van der Waals surface area contributed by atoms with E-state index in [1.807, 2.05) is 13.8 Å². The first-order valence-corrected chi connectivity index (χ1v) is 6.67. The Kier molecular flexibility index (Phi) is 6.26. The van der Waals surface area contributed by atoms with Crippen molar-refractivity contribution in [1.82, 2.24) is 10.3 Å². The average molecular weight is 303 g/mol. The number of nitrogens with one attached hydrogen (secondary N) is 2. The van der Waals surface area contributed by atoms with Crippen LogP contribution in [0.15, 0.2) is 23.3 Å². The Labute approximate surface area is 121 Å². The third-order valence-electron chi connectivity index (χ3n) is 2.81. The maximum Gasteiger partial charge on any atom is 0.419 e. The number of rotatable bonds is 6. The number of nitrogens with two attached hydrogens (primary N) is 1. The van der Waals surface area contributed by atoms with Gasteiger partial charge in [-0.15, -0.1) is 0 Å². The van der Waals surface area contributed by atoms with Crippen LogP contribution >= 0.6 is 0 Å². The molecule has 0 bridgehead atoms. The second kappa shape index (κ2) is 7.70. The van der Waals surface area contributed by atoms with Crippen molar-refractivity contribution < 1.29 is 13.2 Å². The quantitative estimate of drug-likeness (QED) is 0.428. The lowest BCUT2D eigenvalue weighted by atomic mass is 10.2. The Morgan fingerprint density at radius 2 is 2.19 bits per heavy atom. The van der Waals surface area contributed by atoms with Crippen LogP contribution in [0.4, 0.5) is 19.0 Å². The molecule has 0 saturated carbocycles. The van der Waals surface area contributed by atoms with Gasteiger partial charge < -0.3 is 16.4 Å². The summed E-state index contributed by atoms with van der Waals surface area (Å²) in [6.07, 6.45) is -2.23. The van der Waals surface area contributed by atoms with Crippen LogP contribution in [-0.2, 0) is 6.18 Å². The van der Waals surface area contributed by atoms with Crippen molar-refractivity contribution in [3.8, 4) is 0 Å². The number of aromatic nitrogens is 1. The predicted octanol–water partition coefficient (Wildman–Crippen LogP) is 2.22. The fourth-order valence-electron chi connectivity index (χ4n) is 1.53. The van der Waals surface area contributed by atoms with Crippen molar-refractivity contribution in [2.24, 2.45) is 10.7 Å². The zero-order valence-electron chi connectivity index (χ0n) is 12.0. The van der Waals surface area contributed by atoms with Crippen LogP contribution in [0.5, 0.6) is 0 Å².